The molecular weight excluding hydrogens is 260 g/mol. The van der Waals surface area contributed by atoms with Crippen LogP contribution in [0.25, 0.3) is 11.1 Å². The number of hydrogen-bond acceptors (Lipinski definition) is 3. The van der Waals surface area contributed by atoms with Crippen LogP contribution in [0.15, 0.2) is 59.7 Å². The molecule has 3 rings (SSSR count). The fourth-order valence-electron chi connectivity index (χ4n) is 2.48. The molecule has 1 aliphatic heterocycles. The Morgan fingerprint density at radius 1 is 0.905 bits per heavy atom. The molecule has 0 bridgehead atoms. The number of hydrogen-bond donors (Lipinski definition) is 0. The Bertz CT molecular complexity index is 626. The SMILES string of the molecule is O=C(C=NN1CCCC1)c1ccc(-c2ccccc2)cc1. The molecular formula is C18H18N2O. The Balaban J connectivity index is 1.70. The Labute approximate surface area is 124 Å². The molecule has 21 heavy (non-hydrogen) atoms. The largest absolute Gasteiger partial charge is 0.297 e. The molecule has 3 heteroatoms. The van der Waals surface area contributed by atoms with E-state index in [1.54, 1.807) is 0 Å². The molecule has 0 atom stereocenters. The van der Waals surface area contributed by atoms with Crippen LogP contribution < -0.4 is 0 Å². The fourth-order valence-corrected chi connectivity index (χ4v) is 2.48. The van der Waals surface area contributed by atoms with Crippen molar-refractivity contribution >= 4 is 12.0 Å². The topological polar surface area (TPSA) is 32.7 Å². The molecule has 2 aromatic carbocycles. The summed E-state index contributed by atoms with van der Waals surface area (Å²) in [5, 5.41) is 6.19. The maximum atomic E-state index is 12.1. The van der Waals surface area contributed by atoms with Gasteiger partial charge in [0.05, 0.1) is 6.21 Å². The van der Waals surface area contributed by atoms with Gasteiger partial charge in [-0.25, -0.2) is 0 Å². The van der Waals surface area contributed by atoms with E-state index in [2.05, 4.69) is 17.2 Å². The van der Waals surface area contributed by atoms with Crippen LogP contribution in [0.4, 0.5) is 0 Å². The van der Waals surface area contributed by atoms with E-state index in [4.69, 9.17) is 0 Å². The lowest BCUT2D eigenvalue weighted by molar-refractivity contribution is 0.106. The highest BCUT2D eigenvalue weighted by atomic mass is 16.1. The number of rotatable bonds is 4. The molecule has 0 radical (unpaired) electrons. The molecule has 1 fully saturated rings. The van der Waals surface area contributed by atoms with Crippen LogP contribution in [0.2, 0.25) is 0 Å². The number of Topliss-reactive ketones (excluding diaryl/α,β-unsaturated/α-hetero) is 1. The van der Waals surface area contributed by atoms with Gasteiger partial charge in [0, 0.05) is 18.7 Å². The standard InChI is InChI=1S/C18H18N2O/c21-18(14-19-20-12-4-5-13-20)17-10-8-16(9-11-17)15-6-2-1-3-7-15/h1-3,6-11,14H,4-5,12-13H2. The van der Waals surface area contributed by atoms with Crippen molar-refractivity contribution in [1.29, 1.82) is 0 Å². The summed E-state index contributed by atoms with van der Waals surface area (Å²) < 4.78 is 0. The zero-order valence-electron chi connectivity index (χ0n) is 11.9. The molecule has 0 aliphatic carbocycles. The zero-order valence-corrected chi connectivity index (χ0v) is 11.9. The first kappa shape index (κ1) is 13.6. The van der Waals surface area contributed by atoms with E-state index in [1.165, 1.54) is 6.21 Å². The van der Waals surface area contributed by atoms with Gasteiger partial charge in [0.1, 0.15) is 0 Å². The lowest BCUT2D eigenvalue weighted by atomic mass is 10.0. The Morgan fingerprint density at radius 3 is 2.19 bits per heavy atom. The quantitative estimate of drug-likeness (QED) is 0.632. The van der Waals surface area contributed by atoms with Crippen LogP contribution in [0.5, 0.6) is 0 Å². The highest BCUT2D eigenvalue weighted by Crippen LogP contribution is 2.19. The normalized spacial score (nSPS) is 14.8. The first-order valence-electron chi connectivity index (χ1n) is 7.32. The van der Waals surface area contributed by atoms with Crippen LogP contribution in [-0.2, 0) is 0 Å². The summed E-state index contributed by atoms with van der Waals surface area (Å²) in [5.74, 6) is -0.0403. The van der Waals surface area contributed by atoms with Gasteiger partial charge in [0.2, 0.25) is 5.78 Å². The van der Waals surface area contributed by atoms with Crippen molar-refractivity contribution in [2.45, 2.75) is 12.8 Å². The second-order valence-corrected chi connectivity index (χ2v) is 5.21. The molecule has 0 amide bonds. The van der Waals surface area contributed by atoms with Crippen molar-refractivity contribution in [2.75, 3.05) is 13.1 Å². The van der Waals surface area contributed by atoms with E-state index in [1.807, 2.05) is 47.5 Å². The van der Waals surface area contributed by atoms with Crippen LogP contribution in [-0.4, -0.2) is 30.1 Å². The molecule has 1 aliphatic rings. The number of ketones is 1. The third kappa shape index (κ3) is 3.37. The van der Waals surface area contributed by atoms with Crippen molar-refractivity contribution in [2.24, 2.45) is 5.10 Å². The summed E-state index contributed by atoms with van der Waals surface area (Å²) >= 11 is 0. The predicted octanol–water partition coefficient (Wildman–Crippen LogP) is 3.62. The van der Waals surface area contributed by atoms with E-state index in [9.17, 15) is 4.79 Å². The summed E-state index contributed by atoms with van der Waals surface area (Å²) in [7, 11) is 0. The van der Waals surface area contributed by atoms with Gasteiger partial charge in [-0.1, -0.05) is 54.6 Å². The minimum absolute atomic E-state index is 0.0403. The van der Waals surface area contributed by atoms with Crippen molar-refractivity contribution in [3.05, 3.63) is 60.2 Å². The average Bonchev–Trinajstić information content (AvgIpc) is 3.07. The summed E-state index contributed by atoms with van der Waals surface area (Å²) in [4.78, 5) is 12.1. The average molecular weight is 278 g/mol. The van der Waals surface area contributed by atoms with Gasteiger partial charge in [-0.15, -0.1) is 0 Å². The second kappa shape index (κ2) is 6.35. The predicted molar refractivity (Wildman–Crippen MR) is 85.5 cm³/mol. The third-order valence-electron chi connectivity index (χ3n) is 3.70. The molecule has 3 nitrogen and oxygen atoms in total. The summed E-state index contributed by atoms with van der Waals surface area (Å²) in [6.45, 7) is 1.91. The lowest BCUT2D eigenvalue weighted by Gasteiger charge is -2.08. The molecule has 0 aromatic heterocycles. The van der Waals surface area contributed by atoms with Gasteiger partial charge in [-0.3, -0.25) is 9.80 Å². The lowest BCUT2D eigenvalue weighted by Crippen LogP contribution is -2.13. The van der Waals surface area contributed by atoms with Crippen molar-refractivity contribution in [1.82, 2.24) is 5.01 Å². The smallest absolute Gasteiger partial charge is 0.205 e. The molecule has 0 unspecified atom stereocenters. The molecule has 1 saturated heterocycles. The van der Waals surface area contributed by atoms with E-state index in [0.717, 1.165) is 37.1 Å². The Hall–Kier alpha value is -2.42. The Morgan fingerprint density at radius 2 is 1.52 bits per heavy atom. The van der Waals surface area contributed by atoms with Gasteiger partial charge in [0.15, 0.2) is 0 Å². The maximum absolute atomic E-state index is 12.1. The highest BCUT2D eigenvalue weighted by molar-refractivity contribution is 6.35. The molecule has 1 heterocycles. The third-order valence-corrected chi connectivity index (χ3v) is 3.70. The minimum Gasteiger partial charge on any atom is -0.297 e. The molecule has 2 aromatic rings. The van der Waals surface area contributed by atoms with E-state index >= 15 is 0 Å². The summed E-state index contributed by atoms with van der Waals surface area (Å²) in [5.41, 5.74) is 2.95. The summed E-state index contributed by atoms with van der Waals surface area (Å²) in [6.07, 6.45) is 3.76. The minimum atomic E-state index is -0.0403. The van der Waals surface area contributed by atoms with Gasteiger partial charge in [-0.2, -0.15) is 5.10 Å². The van der Waals surface area contributed by atoms with Gasteiger partial charge >= 0.3 is 0 Å². The molecule has 0 spiro atoms. The van der Waals surface area contributed by atoms with Crippen molar-refractivity contribution in [3.8, 4) is 11.1 Å². The monoisotopic (exact) mass is 278 g/mol. The Kier molecular flexibility index (Phi) is 4.10. The molecule has 0 saturated carbocycles. The van der Waals surface area contributed by atoms with E-state index in [0.29, 0.717) is 5.56 Å². The van der Waals surface area contributed by atoms with Crippen molar-refractivity contribution < 1.29 is 4.79 Å². The maximum Gasteiger partial charge on any atom is 0.205 e. The first-order valence-corrected chi connectivity index (χ1v) is 7.32. The molecule has 106 valence electrons. The highest BCUT2D eigenvalue weighted by Gasteiger charge is 2.09. The number of benzene rings is 2. The van der Waals surface area contributed by atoms with E-state index < -0.39 is 0 Å². The van der Waals surface area contributed by atoms with E-state index in [-0.39, 0.29) is 5.78 Å². The zero-order chi connectivity index (χ0) is 14.5. The van der Waals surface area contributed by atoms with Crippen LogP contribution in [0, 0.1) is 0 Å². The first-order chi connectivity index (χ1) is 10.3. The number of hydrazone groups is 1. The summed E-state index contributed by atoms with van der Waals surface area (Å²) in [6, 6.07) is 17.8. The van der Waals surface area contributed by atoms with Crippen molar-refractivity contribution in [3.63, 3.8) is 0 Å². The second-order valence-electron chi connectivity index (χ2n) is 5.21. The number of nitrogens with zero attached hydrogens (tertiary/aromatic N) is 2. The number of carbonyl (C=O) groups excluding carboxylic acids is 1. The number of carbonyl (C=O) groups is 1. The van der Waals surface area contributed by atoms with Crippen LogP contribution in [0.3, 0.4) is 0 Å². The van der Waals surface area contributed by atoms with Gasteiger partial charge in [0.25, 0.3) is 0 Å². The molecule has 0 N–H and O–H groups in total. The van der Waals surface area contributed by atoms with Gasteiger partial charge in [-0.05, 0) is 24.0 Å². The van der Waals surface area contributed by atoms with Gasteiger partial charge < -0.3 is 0 Å². The fraction of sp³-hybridized carbons (Fsp3) is 0.222. The van der Waals surface area contributed by atoms with Crippen LogP contribution in [0.1, 0.15) is 23.2 Å². The van der Waals surface area contributed by atoms with Crippen LogP contribution >= 0.6 is 0 Å².